The molecule has 3 rings (SSSR count). The van der Waals surface area contributed by atoms with Crippen LogP contribution in [-0.4, -0.2) is 23.3 Å². The first kappa shape index (κ1) is 17.4. The monoisotopic (exact) mass is 355 g/mol. The zero-order valence-corrected chi connectivity index (χ0v) is 14.1. The van der Waals surface area contributed by atoms with Gasteiger partial charge in [-0.2, -0.15) is 14.0 Å². The van der Waals surface area contributed by atoms with Gasteiger partial charge in [0.1, 0.15) is 6.07 Å². The average Bonchev–Trinajstić information content (AvgIpc) is 2.97. The highest BCUT2D eigenvalue weighted by Gasteiger charge is 2.17. The van der Waals surface area contributed by atoms with Gasteiger partial charge in [0.15, 0.2) is 17.3 Å². The van der Waals surface area contributed by atoms with Gasteiger partial charge in [-0.25, -0.2) is 4.98 Å². The van der Waals surface area contributed by atoms with Crippen molar-refractivity contribution in [2.75, 3.05) is 7.11 Å². The molecule has 0 N–H and O–H groups in total. The summed E-state index contributed by atoms with van der Waals surface area (Å²) in [5.41, 5.74) is 2.11. The molecule has 1 heterocycles. The van der Waals surface area contributed by atoms with E-state index in [-0.39, 0.29) is 17.1 Å². The molecule has 0 aliphatic carbocycles. The number of ether oxygens (including phenoxy) is 2. The minimum absolute atomic E-state index is 0.128. The Hall–Kier alpha value is -3.40. The molecule has 5 nitrogen and oxygen atoms in total. The fourth-order valence-electron chi connectivity index (χ4n) is 2.71. The number of hydrogen-bond donors (Lipinski definition) is 0. The van der Waals surface area contributed by atoms with E-state index in [0.29, 0.717) is 11.4 Å². The molecule has 0 spiro atoms. The number of hydrogen-bond acceptors (Lipinski definition) is 4. The van der Waals surface area contributed by atoms with E-state index in [1.54, 1.807) is 23.7 Å². The predicted octanol–water partition coefficient (Wildman–Crippen LogP) is 4.25. The highest BCUT2D eigenvalue weighted by Crippen LogP contribution is 2.35. The van der Waals surface area contributed by atoms with E-state index in [1.165, 1.54) is 19.3 Å². The molecule has 3 aromatic rings. The van der Waals surface area contributed by atoms with Crippen LogP contribution in [0.4, 0.5) is 8.78 Å². The number of alkyl halides is 2. The van der Waals surface area contributed by atoms with Gasteiger partial charge < -0.3 is 14.0 Å². The maximum atomic E-state index is 12.8. The molecule has 0 aliphatic rings. The van der Waals surface area contributed by atoms with Gasteiger partial charge in [0.25, 0.3) is 0 Å². The number of allylic oxidation sites excluding steroid dienone is 1. The number of rotatable bonds is 5. The first-order chi connectivity index (χ1) is 12.5. The summed E-state index contributed by atoms with van der Waals surface area (Å²) in [6.07, 6.45) is 1.46. The fraction of sp³-hybridized carbons (Fsp3) is 0.158. The Morgan fingerprint density at radius 1 is 1.23 bits per heavy atom. The van der Waals surface area contributed by atoms with Gasteiger partial charge in [0.2, 0.25) is 0 Å². The standard InChI is InChI=1S/C19H15F2N3O2/c1-24-15-8-4-3-7-14(15)23-18(24)13(11-22)10-12-6-5-9-16(25-2)17(12)26-19(20)21/h3-10,19H,1-2H3/b13-10+. The Morgan fingerprint density at radius 3 is 2.65 bits per heavy atom. The summed E-state index contributed by atoms with van der Waals surface area (Å²) in [6.45, 7) is -3.01. The van der Waals surface area contributed by atoms with Gasteiger partial charge in [-0.1, -0.05) is 24.3 Å². The number of aryl methyl sites for hydroxylation is 1. The average molecular weight is 355 g/mol. The van der Waals surface area contributed by atoms with Crippen LogP contribution >= 0.6 is 0 Å². The molecule has 0 amide bonds. The lowest BCUT2D eigenvalue weighted by atomic mass is 10.1. The van der Waals surface area contributed by atoms with E-state index in [2.05, 4.69) is 15.8 Å². The molecule has 0 atom stereocenters. The number of methoxy groups -OCH3 is 1. The van der Waals surface area contributed by atoms with Crippen molar-refractivity contribution >= 4 is 22.7 Å². The van der Waals surface area contributed by atoms with E-state index < -0.39 is 6.61 Å². The van der Waals surface area contributed by atoms with Crippen LogP contribution < -0.4 is 9.47 Å². The van der Waals surface area contributed by atoms with Gasteiger partial charge in [-0.05, 0) is 24.3 Å². The summed E-state index contributed by atoms with van der Waals surface area (Å²) in [6, 6.07) is 14.2. The van der Waals surface area contributed by atoms with Crippen LogP contribution in [-0.2, 0) is 7.05 Å². The highest BCUT2D eigenvalue weighted by molar-refractivity contribution is 5.92. The Morgan fingerprint density at radius 2 is 2.00 bits per heavy atom. The molecule has 0 saturated carbocycles. The molecule has 0 fully saturated rings. The Kier molecular flexibility index (Phi) is 4.85. The summed E-state index contributed by atoms with van der Waals surface area (Å²) in [4.78, 5) is 4.46. The number of aromatic nitrogens is 2. The van der Waals surface area contributed by atoms with Crippen LogP contribution in [0.25, 0.3) is 22.7 Å². The van der Waals surface area contributed by atoms with Crippen molar-refractivity contribution in [2.45, 2.75) is 6.61 Å². The van der Waals surface area contributed by atoms with Gasteiger partial charge in [-0.3, -0.25) is 0 Å². The first-order valence-corrected chi connectivity index (χ1v) is 7.70. The lowest BCUT2D eigenvalue weighted by molar-refractivity contribution is -0.0513. The van der Waals surface area contributed by atoms with Crippen molar-refractivity contribution in [2.24, 2.45) is 7.05 Å². The normalized spacial score (nSPS) is 11.6. The van der Waals surface area contributed by atoms with Crippen LogP contribution in [0.2, 0.25) is 0 Å². The smallest absolute Gasteiger partial charge is 0.387 e. The van der Waals surface area contributed by atoms with E-state index in [9.17, 15) is 14.0 Å². The molecule has 0 saturated heterocycles. The zero-order chi connectivity index (χ0) is 18.7. The Bertz CT molecular complexity index is 1020. The molecule has 0 unspecified atom stereocenters. The van der Waals surface area contributed by atoms with Crippen molar-refractivity contribution in [1.82, 2.24) is 9.55 Å². The maximum Gasteiger partial charge on any atom is 0.387 e. The second kappa shape index (κ2) is 7.23. The zero-order valence-electron chi connectivity index (χ0n) is 14.1. The van der Waals surface area contributed by atoms with Crippen molar-refractivity contribution in [3.8, 4) is 17.6 Å². The van der Waals surface area contributed by atoms with Gasteiger partial charge in [0, 0.05) is 12.6 Å². The second-order valence-corrected chi connectivity index (χ2v) is 5.41. The Balaban J connectivity index is 2.15. The fourth-order valence-corrected chi connectivity index (χ4v) is 2.71. The largest absolute Gasteiger partial charge is 0.493 e. The molecule has 0 radical (unpaired) electrons. The van der Waals surface area contributed by atoms with E-state index in [4.69, 9.17) is 4.74 Å². The molecule has 132 valence electrons. The first-order valence-electron chi connectivity index (χ1n) is 7.70. The van der Waals surface area contributed by atoms with Crippen LogP contribution in [0.3, 0.4) is 0 Å². The molecular formula is C19H15F2N3O2. The van der Waals surface area contributed by atoms with Crippen LogP contribution in [0.1, 0.15) is 11.4 Å². The van der Waals surface area contributed by atoms with E-state index >= 15 is 0 Å². The molecule has 1 aromatic heterocycles. The number of halogens is 2. The SMILES string of the molecule is COc1cccc(/C=C(\C#N)c2nc3ccccc3n2C)c1OC(F)F. The highest BCUT2D eigenvalue weighted by atomic mass is 19.3. The van der Waals surface area contributed by atoms with Gasteiger partial charge >= 0.3 is 6.61 Å². The second-order valence-electron chi connectivity index (χ2n) is 5.41. The van der Waals surface area contributed by atoms with E-state index in [0.717, 1.165) is 11.0 Å². The lowest BCUT2D eigenvalue weighted by Crippen LogP contribution is -2.05. The topological polar surface area (TPSA) is 60.1 Å². The van der Waals surface area contributed by atoms with Crippen LogP contribution in [0, 0.1) is 11.3 Å². The third kappa shape index (κ3) is 3.22. The predicted molar refractivity (Wildman–Crippen MR) is 93.8 cm³/mol. The van der Waals surface area contributed by atoms with E-state index in [1.807, 2.05) is 24.3 Å². The van der Waals surface area contributed by atoms with Gasteiger partial charge in [-0.15, -0.1) is 0 Å². The number of para-hydroxylation sites is 3. The van der Waals surface area contributed by atoms with Crippen molar-refractivity contribution in [3.05, 3.63) is 53.9 Å². The number of fused-ring (bicyclic) bond motifs is 1. The van der Waals surface area contributed by atoms with Crippen LogP contribution in [0.15, 0.2) is 42.5 Å². The molecular weight excluding hydrogens is 340 g/mol. The van der Waals surface area contributed by atoms with Gasteiger partial charge in [0.05, 0.1) is 23.7 Å². The summed E-state index contributed by atoms with van der Waals surface area (Å²) in [5.74, 6) is 0.456. The lowest BCUT2D eigenvalue weighted by Gasteiger charge is -2.12. The molecule has 7 heteroatoms. The summed E-state index contributed by atoms with van der Waals surface area (Å²) in [5, 5.41) is 9.60. The third-order valence-corrected chi connectivity index (χ3v) is 3.88. The molecule has 0 aliphatic heterocycles. The summed E-state index contributed by atoms with van der Waals surface area (Å²) in [7, 11) is 3.15. The molecule has 0 bridgehead atoms. The van der Waals surface area contributed by atoms with Crippen molar-refractivity contribution in [1.29, 1.82) is 5.26 Å². The Labute approximate surface area is 148 Å². The maximum absolute atomic E-state index is 12.8. The van der Waals surface area contributed by atoms with Crippen molar-refractivity contribution in [3.63, 3.8) is 0 Å². The number of benzene rings is 2. The molecule has 26 heavy (non-hydrogen) atoms. The minimum Gasteiger partial charge on any atom is -0.493 e. The quantitative estimate of drug-likeness (QED) is 0.642. The number of nitriles is 1. The molecule has 2 aromatic carbocycles. The third-order valence-electron chi connectivity index (χ3n) is 3.88. The number of nitrogens with zero attached hydrogens (tertiary/aromatic N) is 3. The van der Waals surface area contributed by atoms with Crippen LogP contribution in [0.5, 0.6) is 11.5 Å². The summed E-state index contributed by atoms with van der Waals surface area (Å²) >= 11 is 0. The number of imidazole rings is 1. The van der Waals surface area contributed by atoms with Crippen molar-refractivity contribution < 1.29 is 18.3 Å². The minimum atomic E-state index is -3.01. The summed E-state index contributed by atoms with van der Waals surface area (Å²) < 4.78 is 37.0.